The van der Waals surface area contributed by atoms with Crippen LogP contribution in [0.4, 0.5) is 4.39 Å². The summed E-state index contributed by atoms with van der Waals surface area (Å²) in [6.07, 6.45) is 6.15. The van der Waals surface area contributed by atoms with Gasteiger partial charge in [-0.05, 0) is 37.0 Å². The first-order valence-electron chi connectivity index (χ1n) is 6.41. The van der Waals surface area contributed by atoms with Crippen molar-refractivity contribution in [1.82, 2.24) is 14.8 Å². The first kappa shape index (κ1) is 12.6. The Kier molecular flexibility index (Phi) is 3.27. The van der Waals surface area contributed by atoms with Gasteiger partial charge in [0, 0.05) is 17.3 Å². The number of hydrogen-bond donors (Lipinski definition) is 0. The molecular weight excluding hydrogens is 265 g/mol. The molecule has 1 aliphatic carbocycles. The Hall–Kier alpha value is -1.42. The molecule has 0 aliphatic heterocycles. The fourth-order valence-corrected chi connectivity index (χ4v) is 2.64. The van der Waals surface area contributed by atoms with Crippen LogP contribution < -0.4 is 0 Å². The van der Waals surface area contributed by atoms with E-state index in [2.05, 4.69) is 10.1 Å². The van der Waals surface area contributed by atoms with Crippen molar-refractivity contribution in [3.8, 4) is 0 Å². The Morgan fingerprint density at radius 1 is 1.32 bits per heavy atom. The van der Waals surface area contributed by atoms with Gasteiger partial charge >= 0.3 is 0 Å². The Morgan fingerprint density at radius 3 is 2.63 bits per heavy atom. The lowest BCUT2D eigenvalue weighted by Crippen LogP contribution is -2.24. The van der Waals surface area contributed by atoms with E-state index in [1.807, 2.05) is 16.8 Å². The van der Waals surface area contributed by atoms with Crippen molar-refractivity contribution >= 4 is 11.6 Å². The summed E-state index contributed by atoms with van der Waals surface area (Å²) in [5.74, 6) is 0.0879. The standard InChI is InChI=1S/C14H15ClFN3/c15-14(5-6-14)12(8-19-10-17-9-18-19)7-11-1-3-13(16)4-2-11/h1-4,9-10,12H,5-8H2. The van der Waals surface area contributed by atoms with Crippen LogP contribution in [0.5, 0.6) is 0 Å². The summed E-state index contributed by atoms with van der Waals surface area (Å²) in [7, 11) is 0. The van der Waals surface area contributed by atoms with Gasteiger partial charge in [-0.3, -0.25) is 4.68 Å². The van der Waals surface area contributed by atoms with Crippen molar-refractivity contribution in [2.45, 2.75) is 30.7 Å². The summed E-state index contributed by atoms with van der Waals surface area (Å²) in [6, 6.07) is 6.64. The van der Waals surface area contributed by atoms with Crippen LogP contribution in [0.15, 0.2) is 36.9 Å². The van der Waals surface area contributed by atoms with Gasteiger partial charge < -0.3 is 0 Å². The highest BCUT2D eigenvalue weighted by atomic mass is 35.5. The lowest BCUT2D eigenvalue weighted by Gasteiger charge is -2.21. The van der Waals surface area contributed by atoms with Crippen molar-refractivity contribution in [3.05, 3.63) is 48.3 Å². The topological polar surface area (TPSA) is 30.7 Å². The van der Waals surface area contributed by atoms with Crippen LogP contribution in [-0.4, -0.2) is 19.6 Å². The van der Waals surface area contributed by atoms with Crippen molar-refractivity contribution in [1.29, 1.82) is 0 Å². The first-order valence-corrected chi connectivity index (χ1v) is 6.79. The summed E-state index contributed by atoms with van der Waals surface area (Å²) in [5, 5.41) is 4.14. The Labute approximate surface area is 116 Å². The van der Waals surface area contributed by atoms with E-state index in [4.69, 9.17) is 11.6 Å². The third-order valence-corrected chi connectivity index (χ3v) is 4.42. The predicted octanol–water partition coefficient (Wildman–Crippen LogP) is 3.05. The molecule has 1 heterocycles. The molecule has 0 spiro atoms. The summed E-state index contributed by atoms with van der Waals surface area (Å²) in [4.78, 5) is 3.83. The molecule has 100 valence electrons. The minimum atomic E-state index is -0.205. The fraction of sp³-hybridized carbons (Fsp3) is 0.429. The second-order valence-electron chi connectivity index (χ2n) is 5.18. The molecule has 1 atom stereocenters. The summed E-state index contributed by atoms with van der Waals surface area (Å²) in [5.41, 5.74) is 1.11. The van der Waals surface area contributed by atoms with Gasteiger partial charge in [-0.2, -0.15) is 5.10 Å². The van der Waals surface area contributed by atoms with Crippen molar-refractivity contribution in [2.24, 2.45) is 5.92 Å². The smallest absolute Gasteiger partial charge is 0.137 e. The van der Waals surface area contributed by atoms with Crippen LogP contribution in [-0.2, 0) is 13.0 Å². The molecule has 0 saturated heterocycles. The van der Waals surface area contributed by atoms with Crippen LogP contribution in [0.3, 0.4) is 0 Å². The van der Waals surface area contributed by atoms with Crippen LogP contribution in [0, 0.1) is 11.7 Å². The molecule has 1 fully saturated rings. The first-order chi connectivity index (χ1) is 9.16. The van der Waals surface area contributed by atoms with Crippen LogP contribution in [0.2, 0.25) is 0 Å². The minimum absolute atomic E-state index is 0.125. The van der Waals surface area contributed by atoms with Gasteiger partial charge in [0.25, 0.3) is 0 Å². The highest BCUT2D eigenvalue weighted by Gasteiger charge is 2.47. The van der Waals surface area contributed by atoms with Crippen molar-refractivity contribution < 1.29 is 4.39 Å². The second kappa shape index (κ2) is 4.93. The van der Waals surface area contributed by atoms with E-state index in [-0.39, 0.29) is 10.7 Å². The van der Waals surface area contributed by atoms with Crippen LogP contribution >= 0.6 is 11.6 Å². The maximum Gasteiger partial charge on any atom is 0.137 e. The fourth-order valence-electron chi connectivity index (χ4n) is 2.40. The summed E-state index contributed by atoms with van der Waals surface area (Å²) >= 11 is 6.57. The zero-order valence-electron chi connectivity index (χ0n) is 10.5. The van der Waals surface area contributed by atoms with E-state index in [1.54, 1.807) is 6.33 Å². The molecule has 3 rings (SSSR count). The predicted molar refractivity (Wildman–Crippen MR) is 71.4 cm³/mol. The van der Waals surface area contributed by atoms with E-state index in [9.17, 15) is 4.39 Å². The lowest BCUT2D eigenvalue weighted by atomic mass is 9.94. The number of alkyl halides is 1. The number of halogens is 2. The number of rotatable bonds is 5. The molecule has 5 heteroatoms. The van der Waals surface area contributed by atoms with E-state index < -0.39 is 0 Å². The SMILES string of the molecule is Fc1ccc(CC(Cn2cncn2)C2(Cl)CC2)cc1. The molecule has 0 bridgehead atoms. The normalized spacial score (nSPS) is 18.2. The molecule has 19 heavy (non-hydrogen) atoms. The van der Waals surface area contributed by atoms with Gasteiger partial charge in [0.15, 0.2) is 0 Å². The molecule has 1 aliphatic rings. The summed E-state index contributed by atoms with van der Waals surface area (Å²) in [6.45, 7) is 0.751. The molecule has 1 unspecified atom stereocenters. The average molecular weight is 280 g/mol. The van der Waals surface area contributed by atoms with Gasteiger partial charge in [0.05, 0.1) is 0 Å². The third-order valence-electron chi connectivity index (χ3n) is 3.73. The molecule has 2 aromatic rings. The summed E-state index contributed by atoms with van der Waals surface area (Å²) < 4.78 is 14.7. The number of nitrogens with zero attached hydrogens (tertiary/aromatic N) is 3. The number of hydrogen-bond acceptors (Lipinski definition) is 2. The van der Waals surface area contributed by atoms with E-state index >= 15 is 0 Å². The van der Waals surface area contributed by atoms with Crippen molar-refractivity contribution in [3.63, 3.8) is 0 Å². The average Bonchev–Trinajstić information content (AvgIpc) is 2.95. The Balaban J connectivity index is 1.74. The Morgan fingerprint density at radius 2 is 2.05 bits per heavy atom. The minimum Gasteiger partial charge on any atom is -0.253 e. The molecule has 0 amide bonds. The van der Waals surface area contributed by atoms with Crippen molar-refractivity contribution in [2.75, 3.05) is 0 Å². The van der Waals surface area contributed by atoms with Gasteiger partial charge in [-0.15, -0.1) is 11.6 Å². The Bertz CT molecular complexity index is 534. The number of aromatic nitrogens is 3. The molecule has 0 radical (unpaired) electrons. The van der Waals surface area contributed by atoms with Gasteiger partial charge in [-0.25, -0.2) is 9.37 Å². The van der Waals surface area contributed by atoms with Gasteiger partial charge in [0.2, 0.25) is 0 Å². The van der Waals surface area contributed by atoms with E-state index in [0.29, 0.717) is 5.92 Å². The number of benzene rings is 1. The largest absolute Gasteiger partial charge is 0.253 e. The highest BCUT2D eigenvalue weighted by molar-refractivity contribution is 6.26. The molecule has 0 N–H and O–H groups in total. The molecular formula is C14H15ClFN3. The third kappa shape index (κ3) is 2.95. The van der Waals surface area contributed by atoms with Gasteiger partial charge in [-0.1, -0.05) is 12.1 Å². The molecule has 1 aromatic carbocycles. The molecule has 1 aromatic heterocycles. The van der Waals surface area contributed by atoms with E-state index in [0.717, 1.165) is 31.4 Å². The van der Waals surface area contributed by atoms with E-state index in [1.165, 1.54) is 18.5 Å². The monoisotopic (exact) mass is 279 g/mol. The second-order valence-corrected chi connectivity index (χ2v) is 5.93. The maximum absolute atomic E-state index is 12.9. The molecule has 1 saturated carbocycles. The highest BCUT2D eigenvalue weighted by Crippen LogP contribution is 2.50. The van der Waals surface area contributed by atoms with Gasteiger partial charge in [0.1, 0.15) is 18.5 Å². The van der Waals surface area contributed by atoms with Crippen LogP contribution in [0.1, 0.15) is 18.4 Å². The zero-order valence-corrected chi connectivity index (χ0v) is 11.2. The maximum atomic E-state index is 12.9. The van der Waals surface area contributed by atoms with Crippen LogP contribution in [0.25, 0.3) is 0 Å². The molecule has 3 nitrogen and oxygen atoms in total. The zero-order chi connectivity index (χ0) is 13.3. The lowest BCUT2D eigenvalue weighted by molar-refractivity contribution is 0.388. The quantitative estimate of drug-likeness (QED) is 0.788.